The third-order valence-electron chi connectivity index (χ3n) is 7.10. The largest absolute Gasteiger partial charge is 0.461 e. The van der Waals surface area contributed by atoms with Crippen molar-refractivity contribution in [1.82, 2.24) is 19.7 Å². The highest BCUT2D eigenvalue weighted by Gasteiger charge is 2.25. The fourth-order valence-electron chi connectivity index (χ4n) is 4.99. The molecular weight excluding hydrogens is 525 g/mol. The Morgan fingerprint density at radius 2 is 1.60 bits per heavy atom. The monoisotopic (exact) mass is 553 g/mol. The number of amides is 1. The Balaban J connectivity index is 1.21. The molecule has 0 radical (unpaired) electrons. The summed E-state index contributed by atoms with van der Waals surface area (Å²) in [7, 11) is 0. The summed E-state index contributed by atoms with van der Waals surface area (Å²) in [5.74, 6) is 1.55. The first-order valence-electron chi connectivity index (χ1n) is 13.1. The van der Waals surface area contributed by atoms with Gasteiger partial charge in [0.25, 0.3) is 5.91 Å². The molecule has 0 saturated carbocycles. The molecule has 0 bridgehead atoms. The SMILES string of the molecule is Cc1ccccc1-n1c(SCc2ccccc2C(=O)N2CCN(c3ccccc3F)CC2)nnc1-c1ccco1. The standard InChI is InChI=1S/C31H28FN5O2S/c1-22-9-2-6-13-26(22)37-29(28-15-8-20-39-28)33-34-31(37)40-21-23-10-3-4-11-24(23)30(38)36-18-16-35(17-19-36)27-14-7-5-12-25(27)32/h2-15,20H,16-19,21H2,1H3. The van der Waals surface area contributed by atoms with Gasteiger partial charge < -0.3 is 14.2 Å². The second kappa shape index (κ2) is 11.4. The van der Waals surface area contributed by atoms with Gasteiger partial charge in [-0.3, -0.25) is 9.36 Å². The Bertz CT molecular complexity index is 1630. The highest BCUT2D eigenvalue weighted by molar-refractivity contribution is 7.98. The van der Waals surface area contributed by atoms with E-state index < -0.39 is 0 Å². The normalized spacial score (nSPS) is 13.6. The molecule has 0 atom stereocenters. The average Bonchev–Trinajstić information content (AvgIpc) is 3.67. The maximum Gasteiger partial charge on any atom is 0.254 e. The molecule has 0 spiro atoms. The van der Waals surface area contributed by atoms with E-state index >= 15 is 0 Å². The van der Waals surface area contributed by atoms with Gasteiger partial charge in [0.1, 0.15) is 5.82 Å². The highest BCUT2D eigenvalue weighted by Crippen LogP contribution is 2.32. The first kappa shape index (κ1) is 25.9. The topological polar surface area (TPSA) is 67.4 Å². The summed E-state index contributed by atoms with van der Waals surface area (Å²) in [5, 5.41) is 9.66. The van der Waals surface area contributed by atoms with Crippen molar-refractivity contribution in [3.8, 4) is 17.3 Å². The van der Waals surface area contributed by atoms with Crippen LogP contribution in [0.2, 0.25) is 0 Å². The molecule has 1 saturated heterocycles. The maximum absolute atomic E-state index is 14.3. The molecule has 1 aliphatic rings. The van der Waals surface area contributed by atoms with E-state index in [1.54, 1.807) is 18.4 Å². The van der Waals surface area contributed by atoms with Crippen molar-refractivity contribution in [2.24, 2.45) is 0 Å². The number of aryl methyl sites for hydroxylation is 1. The summed E-state index contributed by atoms with van der Waals surface area (Å²) in [4.78, 5) is 17.5. The number of carbonyl (C=O) groups is 1. The molecule has 6 rings (SSSR count). The quantitative estimate of drug-likeness (QED) is 0.223. The van der Waals surface area contributed by atoms with Gasteiger partial charge in [-0.1, -0.05) is 60.3 Å². The number of halogens is 1. The Morgan fingerprint density at radius 3 is 2.35 bits per heavy atom. The number of piperazine rings is 1. The van der Waals surface area contributed by atoms with Crippen LogP contribution in [0.25, 0.3) is 17.3 Å². The van der Waals surface area contributed by atoms with E-state index in [2.05, 4.69) is 23.2 Å². The van der Waals surface area contributed by atoms with Gasteiger partial charge in [0.15, 0.2) is 10.9 Å². The predicted molar refractivity (Wildman–Crippen MR) is 154 cm³/mol. The first-order chi connectivity index (χ1) is 19.6. The minimum Gasteiger partial charge on any atom is -0.461 e. The number of hydrogen-bond acceptors (Lipinski definition) is 6. The Hall–Kier alpha value is -4.37. The van der Waals surface area contributed by atoms with E-state index in [0.717, 1.165) is 16.8 Å². The first-order valence-corrected chi connectivity index (χ1v) is 14.1. The number of nitrogens with zero attached hydrogens (tertiary/aromatic N) is 5. The molecule has 1 amide bonds. The van der Waals surface area contributed by atoms with Crippen LogP contribution in [-0.4, -0.2) is 51.8 Å². The van der Waals surface area contributed by atoms with E-state index in [-0.39, 0.29) is 11.7 Å². The maximum atomic E-state index is 14.3. The summed E-state index contributed by atoms with van der Waals surface area (Å²) in [5.41, 5.74) is 4.23. The van der Waals surface area contributed by atoms with Gasteiger partial charge in [-0.25, -0.2) is 4.39 Å². The van der Waals surface area contributed by atoms with Crippen LogP contribution >= 0.6 is 11.8 Å². The van der Waals surface area contributed by atoms with Gasteiger partial charge in [0.2, 0.25) is 5.82 Å². The second-order valence-electron chi connectivity index (χ2n) is 9.58. The molecular formula is C31H28FN5O2S. The van der Waals surface area contributed by atoms with E-state index in [1.807, 2.05) is 75.0 Å². The van der Waals surface area contributed by atoms with E-state index in [1.165, 1.54) is 17.8 Å². The highest BCUT2D eigenvalue weighted by atomic mass is 32.2. The van der Waals surface area contributed by atoms with E-state index in [4.69, 9.17) is 4.42 Å². The molecule has 40 heavy (non-hydrogen) atoms. The summed E-state index contributed by atoms with van der Waals surface area (Å²) in [6, 6.07) is 26.3. The molecule has 0 unspecified atom stereocenters. The summed E-state index contributed by atoms with van der Waals surface area (Å²) in [6.07, 6.45) is 1.62. The number of benzene rings is 3. The van der Waals surface area contributed by atoms with Gasteiger partial charge in [-0.05, 0) is 54.4 Å². The number of anilines is 1. The smallest absolute Gasteiger partial charge is 0.254 e. The van der Waals surface area contributed by atoms with Crippen LogP contribution in [0, 0.1) is 12.7 Å². The Labute approximate surface area is 236 Å². The van der Waals surface area contributed by atoms with Crippen molar-refractivity contribution in [3.63, 3.8) is 0 Å². The molecule has 0 aliphatic carbocycles. The zero-order valence-electron chi connectivity index (χ0n) is 22.0. The summed E-state index contributed by atoms with van der Waals surface area (Å²) < 4.78 is 21.9. The van der Waals surface area contributed by atoms with Crippen LogP contribution in [0.3, 0.4) is 0 Å². The minimum atomic E-state index is -0.238. The molecule has 0 N–H and O–H groups in total. The third kappa shape index (κ3) is 5.12. The van der Waals surface area contributed by atoms with Crippen molar-refractivity contribution >= 4 is 23.4 Å². The number of hydrogen-bond donors (Lipinski definition) is 0. The molecule has 3 aromatic carbocycles. The lowest BCUT2D eigenvalue weighted by Gasteiger charge is -2.36. The fourth-order valence-corrected chi connectivity index (χ4v) is 5.94. The fraction of sp³-hybridized carbons (Fsp3) is 0.194. The number of rotatable bonds is 7. The van der Waals surface area contributed by atoms with Crippen LogP contribution in [0.15, 0.2) is 101 Å². The average molecular weight is 554 g/mol. The van der Waals surface area contributed by atoms with Crippen molar-refractivity contribution < 1.29 is 13.6 Å². The van der Waals surface area contributed by atoms with Gasteiger partial charge >= 0.3 is 0 Å². The summed E-state index contributed by atoms with van der Waals surface area (Å²) >= 11 is 1.53. The third-order valence-corrected chi connectivity index (χ3v) is 8.07. The molecule has 1 fully saturated rings. The lowest BCUT2D eigenvalue weighted by molar-refractivity contribution is 0.0746. The zero-order valence-corrected chi connectivity index (χ0v) is 22.9. The van der Waals surface area contributed by atoms with Crippen LogP contribution < -0.4 is 4.90 Å². The zero-order chi connectivity index (χ0) is 27.5. The minimum absolute atomic E-state index is 0.0129. The molecule has 5 aromatic rings. The Morgan fingerprint density at radius 1 is 0.875 bits per heavy atom. The molecule has 202 valence electrons. The van der Waals surface area contributed by atoms with E-state index in [9.17, 15) is 9.18 Å². The molecule has 9 heteroatoms. The van der Waals surface area contributed by atoms with Gasteiger partial charge in [0, 0.05) is 37.5 Å². The summed E-state index contributed by atoms with van der Waals surface area (Å²) in [6.45, 7) is 4.28. The van der Waals surface area contributed by atoms with Crippen LogP contribution in [-0.2, 0) is 5.75 Å². The Kier molecular flexibility index (Phi) is 7.37. The van der Waals surface area contributed by atoms with Crippen molar-refractivity contribution in [1.29, 1.82) is 0 Å². The van der Waals surface area contributed by atoms with E-state index in [0.29, 0.717) is 59.9 Å². The second-order valence-corrected chi connectivity index (χ2v) is 10.5. The number of aromatic nitrogens is 3. The molecule has 1 aliphatic heterocycles. The molecule has 3 heterocycles. The van der Waals surface area contributed by atoms with Gasteiger partial charge in [-0.2, -0.15) is 0 Å². The van der Waals surface area contributed by atoms with Crippen LogP contribution in [0.5, 0.6) is 0 Å². The van der Waals surface area contributed by atoms with Crippen molar-refractivity contribution in [2.45, 2.75) is 17.8 Å². The lowest BCUT2D eigenvalue weighted by Crippen LogP contribution is -2.49. The van der Waals surface area contributed by atoms with Gasteiger partial charge in [-0.15, -0.1) is 10.2 Å². The number of para-hydroxylation sites is 2. The predicted octanol–water partition coefficient (Wildman–Crippen LogP) is 6.23. The number of thioether (sulfide) groups is 1. The molecule has 7 nitrogen and oxygen atoms in total. The molecule has 2 aromatic heterocycles. The van der Waals surface area contributed by atoms with Crippen LogP contribution in [0.4, 0.5) is 10.1 Å². The van der Waals surface area contributed by atoms with Crippen LogP contribution in [0.1, 0.15) is 21.5 Å². The number of carbonyl (C=O) groups excluding carboxylic acids is 1. The number of furan rings is 1. The van der Waals surface area contributed by atoms with Crippen molar-refractivity contribution in [2.75, 3.05) is 31.1 Å². The van der Waals surface area contributed by atoms with Crippen molar-refractivity contribution in [3.05, 3.63) is 114 Å². The lowest BCUT2D eigenvalue weighted by atomic mass is 10.1. The van der Waals surface area contributed by atoms with Gasteiger partial charge in [0.05, 0.1) is 17.6 Å².